The highest BCUT2D eigenvalue weighted by atomic mass is 35.5. The Balaban J connectivity index is 2.42. The molecule has 0 N–H and O–H groups in total. The van der Waals surface area contributed by atoms with Gasteiger partial charge in [0.25, 0.3) is 5.69 Å². The summed E-state index contributed by atoms with van der Waals surface area (Å²) >= 11 is 11.5. The van der Waals surface area contributed by atoms with Crippen LogP contribution in [0.25, 0.3) is 5.82 Å². The summed E-state index contributed by atoms with van der Waals surface area (Å²) in [5.74, 6) is 0.412. The standard InChI is InChI=1S/C8H4Cl2N4O2/c9-7-8(10)13(4-12-7)6-2-1-5(3-11-6)14(15)16/h1-4H. The molecule has 0 aliphatic heterocycles. The maximum Gasteiger partial charge on any atom is 0.287 e. The van der Waals surface area contributed by atoms with E-state index in [-0.39, 0.29) is 16.0 Å². The predicted molar refractivity (Wildman–Crippen MR) is 58.0 cm³/mol. The second kappa shape index (κ2) is 4.07. The summed E-state index contributed by atoms with van der Waals surface area (Å²) in [5.41, 5.74) is -0.0916. The van der Waals surface area contributed by atoms with Crippen LogP contribution in [0.15, 0.2) is 24.7 Å². The van der Waals surface area contributed by atoms with Crippen LogP contribution in [-0.4, -0.2) is 19.5 Å². The maximum atomic E-state index is 10.4. The fraction of sp³-hybridized carbons (Fsp3) is 0. The average Bonchev–Trinajstić information content (AvgIpc) is 2.60. The van der Waals surface area contributed by atoms with Gasteiger partial charge in [-0.2, -0.15) is 0 Å². The van der Waals surface area contributed by atoms with Gasteiger partial charge in [0.2, 0.25) is 0 Å². The third kappa shape index (κ3) is 1.84. The average molecular weight is 259 g/mol. The van der Waals surface area contributed by atoms with Gasteiger partial charge in [-0.15, -0.1) is 0 Å². The lowest BCUT2D eigenvalue weighted by molar-refractivity contribution is -0.385. The lowest BCUT2D eigenvalue weighted by Crippen LogP contribution is -1.97. The van der Waals surface area contributed by atoms with Crippen LogP contribution < -0.4 is 0 Å². The highest BCUT2D eigenvalue weighted by Crippen LogP contribution is 2.23. The van der Waals surface area contributed by atoms with Crippen molar-refractivity contribution in [2.75, 3.05) is 0 Å². The van der Waals surface area contributed by atoms with Gasteiger partial charge >= 0.3 is 0 Å². The van der Waals surface area contributed by atoms with Gasteiger partial charge in [-0.25, -0.2) is 9.97 Å². The predicted octanol–water partition coefficient (Wildman–Crippen LogP) is 2.48. The van der Waals surface area contributed by atoms with E-state index >= 15 is 0 Å². The highest BCUT2D eigenvalue weighted by molar-refractivity contribution is 6.40. The topological polar surface area (TPSA) is 73.8 Å². The fourth-order valence-electron chi connectivity index (χ4n) is 1.10. The summed E-state index contributed by atoms with van der Waals surface area (Å²) in [7, 11) is 0. The van der Waals surface area contributed by atoms with E-state index in [9.17, 15) is 10.1 Å². The fourth-order valence-corrected chi connectivity index (χ4v) is 1.41. The van der Waals surface area contributed by atoms with Crippen molar-refractivity contribution >= 4 is 28.9 Å². The zero-order valence-corrected chi connectivity index (χ0v) is 9.18. The van der Waals surface area contributed by atoms with Crippen LogP contribution in [0.1, 0.15) is 0 Å². The maximum absolute atomic E-state index is 10.4. The monoisotopic (exact) mass is 258 g/mol. The van der Waals surface area contributed by atoms with Gasteiger partial charge in [-0.1, -0.05) is 23.2 Å². The zero-order chi connectivity index (χ0) is 11.7. The first-order valence-electron chi connectivity index (χ1n) is 4.09. The van der Waals surface area contributed by atoms with Crippen molar-refractivity contribution < 1.29 is 4.92 Å². The van der Waals surface area contributed by atoms with E-state index < -0.39 is 4.92 Å². The van der Waals surface area contributed by atoms with Crippen molar-refractivity contribution in [3.05, 3.63) is 45.1 Å². The number of nitrogens with zero attached hydrogens (tertiary/aromatic N) is 4. The zero-order valence-electron chi connectivity index (χ0n) is 7.67. The second-order valence-corrected chi connectivity index (χ2v) is 3.54. The lowest BCUT2D eigenvalue weighted by atomic mass is 10.4. The Bertz CT molecular complexity index is 537. The van der Waals surface area contributed by atoms with Gasteiger partial charge in [0, 0.05) is 6.07 Å². The van der Waals surface area contributed by atoms with Crippen LogP contribution in [0.2, 0.25) is 10.3 Å². The summed E-state index contributed by atoms with van der Waals surface area (Å²) in [4.78, 5) is 17.5. The molecule has 2 heterocycles. The summed E-state index contributed by atoms with van der Waals surface area (Å²) in [6, 6.07) is 2.79. The van der Waals surface area contributed by atoms with Gasteiger partial charge in [0.1, 0.15) is 18.3 Å². The number of hydrogen-bond acceptors (Lipinski definition) is 4. The van der Waals surface area contributed by atoms with Gasteiger partial charge in [-0.05, 0) is 6.07 Å². The normalized spacial score (nSPS) is 10.4. The molecule has 8 heteroatoms. The first kappa shape index (κ1) is 10.8. The largest absolute Gasteiger partial charge is 0.287 e. The molecule has 0 saturated heterocycles. The van der Waals surface area contributed by atoms with Gasteiger partial charge in [-0.3, -0.25) is 14.7 Å². The molecular weight excluding hydrogens is 255 g/mol. The number of halogens is 2. The Morgan fingerprint density at radius 1 is 1.31 bits per heavy atom. The molecule has 0 radical (unpaired) electrons. The van der Waals surface area contributed by atoms with Crippen molar-refractivity contribution in [2.45, 2.75) is 0 Å². The first-order valence-corrected chi connectivity index (χ1v) is 4.84. The molecule has 0 fully saturated rings. The second-order valence-electron chi connectivity index (χ2n) is 2.83. The summed E-state index contributed by atoms with van der Waals surface area (Å²) < 4.78 is 1.42. The molecule has 16 heavy (non-hydrogen) atoms. The molecule has 0 aromatic carbocycles. The van der Waals surface area contributed by atoms with Crippen molar-refractivity contribution in [3.63, 3.8) is 0 Å². The number of nitro groups is 1. The summed E-state index contributed by atoms with van der Waals surface area (Å²) in [5, 5.41) is 10.8. The van der Waals surface area contributed by atoms with Crippen molar-refractivity contribution in [2.24, 2.45) is 0 Å². The smallest absolute Gasteiger partial charge is 0.272 e. The van der Waals surface area contributed by atoms with E-state index in [0.29, 0.717) is 5.82 Å². The van der Waals surface area contributed by atoms with Gasteiger partial charge in [0.15, 0.2) is 10.3 Å². The molecular formula is C8H4Cl2N4O2. The van der Waals surface area contributed by atoms with Crippen molar-refractivity contribution in [1.82, 2.24) is 14.5 Å². The highest BCUT2D eigenvalue weighted by Gasteiger charge is 2.10. The Hall–Kier alpha value is -1.66. The minimum Gasteiger partial charge on any atom is -0.272 e. The minimum atomic E-state index is -0.528. The lowest BCUT2D eigenvalue weighted by Gasteiger charge is -2.01. The first-order chi connectivity index (χ1) is 7.59. The molecule has 2 aromatic rings. The van der Waals surface area contributed by atoms with E-state index in [1.165, 1.54) is 23.0 Å². The van der Waals surface area contributed by atoms with Crippen molar-refractivity contribution in [1.29, 1.82) is 0 Å². The molecule has 0 unspecified atom stereocenters. The minimum absolute atomic E-state index is 0.0916. The van der Waals surface area contributed by atoms with E-state index in [0.717, 1.165) is 6.20 Å². The summed E-state index contributed by atoms with van der Waals surface area (Å²) in [6.45, 7) is 0. The molecule has 0 saturated carbocycles. The van der Waals surface area contributed by atoms with Crippen LogP contribution >= 0.6 is 23.2 Å². The molecule has 2 aromatic heterocycles. The van der Waals surface area contributed by atoms with Crippen LogP contribution in [0.4, 0.5) is 5.69 Å². The summed E-state index contributed by atoms with van der Waals surface area (Å²) in [6.07, 6.45) is 2.53. The third-order valence-electron chi connectivity index (χ3n) is 1.86. The Kier molecular flexibility index (Phi) is 2.76. The van der Waals surface area contributed by atoms with E-state index in [1.54, 1.807) is 0 Å². The molecule has 0 amide bonds. The third-order valence-corrected chi connectivity index (χ3v) is 2.59. The Morgan fingerprint density at radius 2 is 2.06 bits per heavy atom. The number of pyridine rings is 1. The van der Waals surface area contributed by atoms with Crippen LogP contribution in [-0.2, 0) is 0 Å². The number of aromatic nitrogens is 3. The molecule has 0 atom stereocenters. The molecule has 0 spiro atoms. The molecule has 0 bridgehead atoms. The Morgan fingerprint density at radius 3 is 2.50 bits per heavy atom. The molecule has 0 aliphatic rings. The number of hydrogen-bond donors (Lipinski definition) is 0. The molecule has 2 rings (SSSR count). The molecule has 82 valence electrons. The van der Waals surface area contributed by atoms with E-state index in [2.05, 4.69) is 9.97 Å². The van der Waals surface area contributed by atoms with Crippen LogP contribution in [0, 0.1) is 10.1 Å². The quantitative estimate of drug-likeness (QED) is 0.613. The molecule has 6 nitrogen and oxygen atoms in total. The van der Waals surface area contributed by atoms with Crippen LogP contribution in [0.5, 0.6) is 0 Å². The molecule has 0 aliphatic carbocycles. The van der Waals surface area contributed by atoms with Gasteiger partial charge < -0.3 is 0 Å². The Labute approximate surface area is 99.6 Å². The van der Waals surface area contributed by atoms with E-state index in [4.69, 9.17) is 23.2 Å². The number of imidazole rings is 1. The number of rotatable bonds is 2. The SMILES string of the molecule is O=[N+]([O-])c1ccc(-n2cnc(Cl)c2Cl)nc1. The van der Waals surface area contributed by atoms with E-state index in [1.807, 2.05) is 0 Å². The van der Waals surface area contributed by atoms with Gasteiger partial charge in [0.05, 0.1) is 4.92 Å². The van der Waals surface area contributed by atoms with Crippen molar-refractivity contribution in [3.8, 4) is 5.82 Å². The van der Waals surface area contributed by atoms with Crippen LogP contribution in [0.3, 0.4) is 0 Å².